The van der Waals surface area contributed by atoms with Gasteiger partial charge in [0.25, 0.3) is 11.4 Å². The molecule has 1 aliphatic heterocycles. The van der Waals surface area contributed by atoms with Gasteiger partial charge in [0, 0.05) is 19.2 Å². The van der Waals surface area contributed by atoms with Crippen LogP contribution in [0.2, 0.25) is 0 Å². The summed E-state index contributed by atoms with van der Waals surface area (Å²) in [6.45, 7) is 0.459. The summed E-state index contributed by atoms with van der Waals surface area (Å²) < 4.78 is 12.8. The van der Waals surface area contributed by atoms with Crippen molar-refractivity contribution in [2.24, 2.45) is 7.05 Å². The molecule has 1 atom stereocenters. The zero-order valence-electron chi connectivity index (χ0n) is 21.2. The lowest BCUT2D eigenvalue weighted by atomic mass is 9.86. The number of aromatic hydroxyl groups is 1. The molecular weight excluding hydrogens is 500 g/mol. The lowest BCUT2D eigenvalue weighted by Gasteiger charge is -2.39. The summed E-state index contributed by atoms with van der Waals surface area (Å²) in [6, 6.07) is 19.1. The molecule has 5 aromatic rings. The molecule has 3 aromatic carbocycles. The van der Waals surface area contributed by atoms with Crippen LogP contribution in [-0.4, -0.2) is 44.4 Å². The van der Waals surface area contributed by atoms with E-state index in [2.05, 4.69) is 4.98 Å². The Morgan fingerprint density at radius 3 is 2.59 bits per heavy atom. The number of para-hydroxylation sites is 3. The molecule has 3 heterocycles. The van der Waals surface area contributed by atoms with Gasteiger partial charge in [0.05, 0.1) is 18.7 Å². The molecule has 196 valence electrons. The minimum atomic E-state index is -1.04. The summed E-state index contributed by atoms with van der Waals surface area (Å²) >= 11 is 0. The van der Waals surface area contributed by atoms with Crippen molar-refractivity contribution < 1.29 is 24.2 Å². The van der Waals surface area contributed by atoms with Crippen LogP contribution in [0.5, 0.6) is 11.5 Å². The van der Waals surface area contributed by atoms with Crippen LogP contribution in [-0.2, 0) is 13.5 Å². The Morgan fingerprint density at radius 1 is 1.05 bits per heavy atom. The molecule has 0 aliphatic carbocycles. The standard InChI is InChI=1S/C29H24N4O6/c1-32-27(35)25(34)23(26-30-20-8-4-6-10-22(20)39-26)31-29(32)33-14-13-16-11-12-17(28(36)37)15-19(16)24(33)18-7-3-5-9-21(18)38-2/h3-12,15,24,34H,13-14H2,1-2H3,(H,36,37)/t24-/m1/s1. The Kier molecular flexibility index (Phi) is 5.79. The highest BCUT2D eigenvalue weighted by molar-refractivity contribution is 5.88. The van der Waals surface area contributed by atoms with Crippen LogP contribution in [0.3, 0.4) is 0 Å². The third-order valence-electron chi connectivity index (χ3n) is 7.05. The second kappa shape index (κ2) is 9.32. The van der Waals surface area contributed by atoms with Gasteiger partial charge in [-0.3, -0.25) is 9.36 Å². The molecule has 39 heavy (non-hydrogen) atoms. The molecule has 0 saturated carbocycles. The molecule has 0 unspecified atom stereocenters. The van der Waals surface area contributed by atoms with Crippen LogP contribution < -0.4 is 15.2 Å². The number of nitrogens with zero attached hydrogens (tertiary/aromatic N) is 4. The largest absolute Gasteiger partial charge is 0.501 e. The predicted molar refractivity (Wildman–Crippen MR) is 143 cm³/mol. The predicted octanol–water partition coefficient (Wildman–Crippen LogP) is 4.15. The van der Waals surface area contributed by atoms with Gasteiger partial charge in [-0.15, -0.1) is 0 Å². The monoisotopic (exact) mass is 524 g/mol. The summed E-state index contributed by atoms with van der Waals surface area (Å²) in [6.07, 6.45) is 0.579. The molecule has 0 fully saturated rings. The van der Waals surface area contributed by atoms with E-state index in [1.165, 1.54) is 11.6 Å². The van der Waals surface area contributed by atoms with E-state index in [4.69, 9.17) is 14.1 Å². The number of carboxylic acid groups (broad SMARTS) is 1. The first-order valence-electron chi connectivity index (χ1n) is 12.3. The van der Waals surface area contributed by atoms with Gasteiger partial charge >= 0.3 is 5.97 Å². The Labute approximate surface area is 222 Å². The Balaban J connectivity index is 1.59. The maximum Gasteiger partial charge on any atom is 0.335 e. The highest BCUT2D eigenvalue weighted by atomic mass is 16.5. The number of benzene rings is 3. The van der Waals surface area contributed by atoms with Gasteiger partial charge in [-0.2, -0.15) is 0 Å². The van der Waals surface area contributed by atoms with E-state index >= 15 is 0 Å². The Bertz CT molecular complexity index is 1770. The van der Waals surface area contributed by atoms with Crippen molar-refractivity contribution >= 4 is 23.0 Å². The fraction of sp³-hybridized carbons (Fsp3) is 0.172. The molecule has 0 radical (unpaired) electrons. The second-order valence-corrected chi connectivity index (χ2v) is 9.27. The second-order valence-electron chi connectivity index (χ2n) is 9.27. The van der Waals surface area contributed by atoms with Gasteiger partial charge in [-0.1, -0.05) is 36.4 Å². The normalized spacial score (nSPS) is 14.8. The lowest BCUT2D eigenvalue weighted by molar-refractivity contribution is 0.0696. The molecular formula is C29H24N4O6. The maximum atomic E-state index is 13.3. The zero-order valence-corrected chi connectivity index (χ0v) is 21.2. The molecule has 0 bridgehead atoms. The van der Waals surface area contributed by atoms with Crippen LogP contribution >= 0.6 is 0 Å². The molecule has 0 amide bonds. The van der Waals surface area contributed by atoms with E-state index in [1.54, 1.807) is 37.4 Å². The number of hydrogen-bond acceptors (Lipinski definition) is 8. The van der Waals surface area contributed by atoms with Crippen molar-refractivity contribution in [1.29, 1.82) is 0 Å². The minimum Gasteiger partial charge on any atom is -0.501 e. The molecule has 1 aliphatic rings. The van der Waals surface area contributed by atoms with Crippen LogP contribution in [0.4, 0.5) is 5.95 Å². The van der Waals surface area contributed by atoms with Gasteiger partial charge in [-0.25, -0.2) is 14.8 Å². The van der Waals surface area contributed by atoms with E-state index in [0.717, 1.165) is 16.7 Å². The van der Waals surface area contributed by atoms with Crippen molar-refractivity contribution in [1.82, 2.24) is 14.5 Å². The molecule has 10 nitrogen and oxygen atoms in total. The van der Waals surface area contributed by atoms with Crippen molar-refractivity contribution in [2.75, 3.05) is 18.6 Å². The Hall–Kier alpha value is -5.12. The number of carbonyl (C=O) groups is 1. The number of ether oxygens (including phenoxy) is 1. The molecule has 6 rings (SSSR count). The number of fused-ring (bicyclic) bond motifs is 2. The average Bonchev–Trinajstić information content (AvgIpc) is 3.39. The van der Waals surface area contributed by atoms with Crippen LogP contribution in [0.15, 0.2) is 75.9 Å². The SMILES string of the molecule is COc1ccccc1[C@@H]1c2cc(C(=O)O)ccc2CCN1c1nc(-c2nc3ccccc3o2)c(O)c(=O)n1C. The summed E-state index contributed by atoms with van der Waals surface area (Å²) in [4.78, 5) is 36.2. The van der Waals surface area contributed by atoms with E-state index in [9.17, 15) is 19.8 Å². The lowest BCUT2D eigenvalue weighted by Crippen LogP contribution is -2.40. The summed E-state index contributed by atoms with van der Waals surface area (Å²) in [5, 5.41) is 20.5. The number of methoxy groups -OCH3 is 1. The third kappa shape index (κ3) is 3.97. The third-order valence-corrected chi connectivity index (χ3v) is 7.05. The summed E-state index contributed by atoms with van der Waals surface area (Å²) in [7, 11) is 3.10. The first-order chi connectivity index (χ1) is 18.9. The topological polar surface area (TPSA) is 131 Å². The summed E-state index contributed by atoms with van der Waals surface area (Å²) in [5.74, 6) is -0.734. The highest BCUT2D eigenvalue weighted by Gasteiger charge is 2.35. The number of aromatic carboxylic acids is 1. The first kappa shape index (κ1) is 24.2. The van der Waals surface area contributed by atoms with Crippen molar-refractivity contribution in [3.8, 4) is 23.1 Å². The van der Waals surface area contributed by atoms with Crippen molar-refractivity contribution in [3.63, 3.8) is 0 Å². The van der Waals surface area contributed by atoms with Crippen molar-refractivity contribution in [2.45, 2.75) is 12.5 Å². The van der Waals surface area contributed by atoms with E-state index < -0.39 is 23.3 Å². The number of carboxylic acids is 1. The van der Waals surface area contributed by atoms with Gasteiger partial charge in [0.15, 0.2) is 11.3 Å². The fourth-order valence-corrected chi connectivity index (χ4v) is 5.15. The average molecular weight is 525 g/mol. The van der Waals surface area contributed by atoms with Gasteiger partial charge in [-0.05, 0) is 47.9 Å². The van der Waals surface area contributed by atoms with Gasteiger partial charge in [0.1, 0.15) is 11.3 Å². The zero-order chi connectivity index (χ0) is 27.3. The number of anilines is 1. The van der Waals surface area contributed by atoms with Crippen LogP contribution in [0, 0.1) is 0 Å². The summed E-state index contributed by atoms with van der Waals surface area (Å²) in [5.41, 5.74) is 2.98. The number of hydrogen-bond donors (Lipinski definition) is 2. The quantitative estimate of drug-likeness (QED) is 0.348. The smallest absolute Gasteiger partial charge is 0.335 e. The van der Waals surface area contributed by atoms with Gasteiger partial charge < -0.3 is 24.3 Å². The number of oxazole rings is 1. The number of aromatic nitrogens is 3. The van der Waals surface area contributed by atoms with Crippen LogP contribution in [0.25, 0.3) is 22.7 Å². The van der Waals surface area contributed by atoms with Crippen LogP contribution in [0.1, 0.15) is 33.1 Å². The first-order valence-corrected chi connectivity index (χ1v) is 12.3. The minimum absolute atomic E-state index is 0.0204. The molecule has 0 spiro atoms. The highest BCUT2D eigenvalue weighted by Crippen LogP contribution is 2.42. The number of rotatable bonds is 5. The van der Waals surface area contributed by atoms with Crippen molar-refractivity contribution in [3.05, 3.63) is 99.3 Å². The van der Waals surface area contributed by atoms with Gasteiger partial charge in [0.2, 0.25) is 11.7 Å². The Morgan fingerprint density at radius 2 is 1.82 bits per heavy atom. The maximum absolute atomic E-state index is 13.3. The fourth-order valence-electron chi connectivity index (χ4n) is 5.15. The van der Waals surface area contributed by atoms with E-state index in [1.807, 2.05) is 41.3 Å². The van der Waals surface area contributed by atoms with E-state index in [0.29, 0.717) is 29.8 Å². The molecule has 10 heteroatoms. The molecule has 0 saturated heterocycles. The van der Waals surface area contributed by atoms with E-state index in [-0.39, 0.29) is 23.1 Å². The molecule has 2 N–H and O–H groups in total. The molecule has 2 aromatic heterocycles.